The Morgan fingerprint density at radius 2 is 1.87 bits per heavy atom. The van der Waals surface area contributed by atoms with Gasteiger partial charge in [0.2, 0.25) is 5.91 Å². The number of carbonyl (C=O) groups excluding carboxylic acids is 2. The maximum atomic E-state index is 12.5. The number of hydrogen-bond donors (Lipinski definition) is 2. The zero-order valence-corrected chi connectivity index (χ0v) is 18.1. The van der Waals surface area contributed by atoms with Crippen molar-refractivity contribution in [3.05, 3.63) is 29.8 Å². The van der Waals surface area contributed by atoms with E-state index in [0.29, 0.717) is 45.1 Å². The lowest BCUT2D eigenvalue weighted by Crippen LogP contribution is -2.54. The molecule has 0 aliphatic carbocycles. The van der Waals surface area contributed by atoms with Crippen molar-refractivity contribution < 1.29 is 19.1 Å². The number of benzene rings is 1. The summed E-state index contributed by atoms with van der Waals surface area (Å²) in [6, 6.07) is 7.52. The van der Waals surface area contributed by atoms with Crippen LogP contribution >= 0.6 is 0 Å². The standard InChI is InChI=1S/C21H32N6O4/c1-23-21(24-14-17-3-2-4-18(13-17)31-16-19(22)28)27-7-5-25(6-8-27)15-20(29)26-9-11-30-12-10-26/h2-4,13H,5-12,14-16H2,1H3,(H2,22,28)(H,23,24). The number of hydrogen-bond acceptors (Lipinski definition) is 6. The first-order valence-corrected chi connectivity index (χ1v) is 10.6. The van der Waals surface area contributed by atoms with Crippen LogP contribution in [0.15, 0.2) is 29.3 Å². The third-order valence-electron chi connectivity index (χ3n) is 5.34. The third kappa shape index (κ3) is 7.11. The van der Waals surface area contributed by atoms with Gasteiger partial charge in [-0.15, -0.1) is 0 Å². The molecular weight excluding hydrogens is 400 g/mol. The predicted octanol–water partition coefficient (Wildman–Crippen LogP) is -0.897. The van der Waals surface area contributed by atoms with Crippen LogP contribution in [0, 0.1) is 0 Å². The lowest BCUT2D eigenvalue weighted by Gasteiger charge is -2.37. The van der Waals surface area contributed by atoms with Crippen LogP contribution in [0.3, 0.4) is 0 Å². The Balaban J connectivity index is 1.43. The number of guanidine groups is 1. The molecule has 2 aliphatic heterocycles. The molecule has 0 unspecified atom stereocenters. The van der Waals surface area contributed by atoms with E-state index in [1.807, 2.05) is 23.1 Å². The molecule has 0 radical (unpaired) electrons. The van der Waals surface area contributed by atoms with Crippen LogP contribution in [0.4, 0.5) is 0 Å². The second kappa shape index (κ2) is 11.5. The fourth-order valence-corrected chi connectivity index (χ4v) is 3.63. The first kappa shape index (κ1) is 22.8. The molecule has 0 saturated carbocycles. The van der Waals surface area contributed by atoms with Gasteiger partial charge in [0.15, 0.2) is 12.6 Å². The van der Waals surface area contributed by atoms with Gasteiger partial charge in [-0.05, 0) is 17.7 Å². The molecule has 2 saturated heterocycles. The molecule has 10 heteroatoms. The average Bonchev–Trinajstić information content (AvgIpc) is 2.80. The van der Waals surface area contributed by atoms with Crippen molar-refractivity contribution >= 4 is 17.8 Å². The number of nitrogens with one attached hydrogen (secondary N) is 1. The summed E-state index contributed by atoms with van der Waals surface area (Å²) in [5.41, 5.74) is 6.14. The molecule has 170 valence electrons. The third-order valence-corrected chi connectivity index (χ3v) is 5.34. The Morgan fingerprint density at radius 3 is 2.55 bits per heavy atom. The van der Waals surface area contributed by atoms with E-state index >= 15 is 0 Å². The summed E-state index contributed by atoms with van der Waals surface area (Å²) >= 11 is 0. The van der Waals surface area contributed by atoms with Crippen molar-refractivity contribution in [1.29, 1.82) is 0 Å². The molecule has 31 heavy (non-hydrogen) atoms. The molecule has 2 aliphatic rings. The first-order valence-electron chi connectivity index (χ1n) is 10.6. The Labute approximate surface area is 183 Å². The number of primary amides is 1. The zero-order valence-electron chi connectivity index (χ0n) is 18.1. The number of ether oxygens (including phenoxy) is 2. The summed E-state index contributed by atoms with van der Waals surface area (Å²) in [5, 5.41) is 3.38. The molecule has 3 rings (SSSR count). The van der Waals surface area contributed by atoms with Crippen LogP contribution in [0.25, 0.3) is 0 Å². The van der Waals surface area contributed by atoms with E-state index < -0.39 is 5.91 Å². The Morgan fingerprint density at radius 1 is 1.13 bits per heavy atom. The summed E-state index contributed by atoms with van der Waals surface area (Å²) < 4.78 is 10.7. The maximum Gasteiger partial charge on any atom is 0.255 e. The average molecular weight is 433 g/mol. The topological polar surface area (TPSA) is 113 Å². The summed E-state index contributed by atoms with van der Waals surface area (Å²) in [6.45, 7) is 6.75. The molecule has 0 aromatic heterocycles. The maximum absolute atomic E-state index is 12.5. The quantitative estimate of drug-likeness (QED) is 0.424. The van der Waals surface area contributed by atoms with Gasteiger partial charge in [0.05, 0.1) is 19.8 Å². The summed E-state index contributed by atoms with van der Waals surface area (Å²) in [5.74, 6) is 1.10. The van der Waals surface area contributed by atoms with E-state index in [4.69, 9.17) is 15.2 Å². The van der Waals surface area contributed by atoms with Crippen LogP contribution < -0.4 is 15.8 Å². The Bertz CT molecular complexity index is 773. The predicted molar refractivity (Wildman–Crippen MR) is 117 cm³/mol. The normalized spacial score (nSPS) is 18.0. The van der Waals surface area contributed by atoms with E-state index in [2.05, 4.69) is 20.1 Å². The van der Waals surface area contributed by atoms with Gasteiger partial charge in [-0.2, -0.15) is 0 Å². The number of rotatable bonds is 7. The minimum Gasteiger partial charge on any atom is -0.484 e. The van der Waals surface area contributed by atoms with Gasteiger partial charge in [0.25, 0.3) is 5.91 Å². The number of nitrogens with two attached hydrogens (primary N) is 1. The smallest absolute Gasteiger partial charge is 0.255 e. The molecule has 10 nitrogen and oxygen atoms in total. The van der Waals surface area contributed by atoms with E-state index in [-0.39, 0.29) is 12.5 Å². The van der Waals surface area contributed by atoms with Crippen molar-refractivity contribution in [2.24, 2.45) is 10.7 Å². The monoisotopic (exact) mass is 432 g/mol. The molecule has 2 amide bonds. The van der Waals surface area contributed by atoms with Gasteiger partial charge >= 0.3 is 0 Å². The van der Waals surface area contributed by atoms with Gasteiger partial charge in [-0.3, -0.25) is 19.5 Å². The van der Waals surface area contributed by atoms with Crippen LogP contribution in [0.5, 0.6) is 5.75 Å². The highest BCUT2D eigenvalue weighted by Gasteiger charge is 2.24. The van der Waals surface area contributed by atoms with Crippen LogP contribution in [0.2, 0.25) is 0 Å². The molecule has 1 aromatic carbocycles. The molecular formula is C21H32N6O4. The minimum absolute atomic E-state index is 0.142. The zero-order chi connectivity index (χ0) is 22.1. The van der Waals surface area contributed by atoms with Gasteiger partial charge < -0.3 is 30.3 Å². The summed E-state index contributed by atoms with van der Waals surface area (Å²) in [4.78, 5) is 34.0. The van der Waals surface area contributed by atoms with Crippen LogP contribution in [0.1, 0.15) is 5.56 Å². The van der Waals surface area contributed by atoms with Crippen molar-refractivity contribution in [2.45, 2.75) is 6.54 Å². The molecule has 0 bridgehead atoms. The number of morpholine rings is 1. The van der Waals surface area contributed by atoms with Crippen molar-refractivity contribution in [3.63, 3.8) is 0 Å². The lowest BCUT2D eigenvalue weighted by atomic mass is 10.2. The fourth-order valence-electron chi connectivity index (χ4n) is 3.63. The fraction of sp³-hybridized carbons (Fsp3) is 0.571. The highest BCUT2D eigenvalue weighted by atomic mass is 16.5. The van der Waals surface area contributed by atoms with E-state index in [1.54, 1.807) is 13.1 Å². The number of nitrogens with zero attached hydrogens (tertiary/aromatic N) is 4. The SMILES string of the molecule is CN=C(NCc1cccc(OCC(N)=O)c1)N1CCN(CC(=O)N2CCOCC2)CC1. The van der Waals surface area contributed by atoms with Crippen LogP contribution in [-0.4, -0.2) is 105 Å². The highest BCUT2D eigenvalue weighted by Crippen LogP contribution is 2.13. The summed E-state index contributed by atoms with van der Waals surface area (Å²) in [6.07, 6.45) is 0. The van der Waals surface area contributed by atoms with E-state index in [1.165, 1.54) is 0 Å². The van der Waals surface area contributed by atoms with Gasteiger partial charge in [0, 0.05) is 52.9 Å². The second-order valence-electron chi connectivity index (χ2n) is 7.56. The lowest BCUT2D eigenvalue weighted by molar-refractivity contribution is -0.136. The molecule has 0 atom stereocenters. The number of amides is 2. The van der Waals surface area contributed by atoms with Gasteiger partial charge in [-0.1, -0.05) is 12.1 Å². The minimum atomic E-state index is -0.505. The molecule has 2 fully saturated rings. The molecule has 0 spiro atoms. The molecule has 2 heterocycles. The second-order valence-corrected chi connectivity index (χ2v) is 7.56. The molecule has 1 aromatic rings. The largest absolute Gasteiger partial charge is 0.484 e. The van der Waals surface area contributed by atoms with Crippen molar-refractivity contribution in [2.75, 3.05) is 72.7 Å². The number of aliphatic imine (C=N–C) groups is 1. The Kier molecular flexibility index (Phi) is 8.48. The van der Waals surface area contributed by atoms with E-state index in [9.17, 15) is 9.59 Å². The van der Waals surface area contributed by atoms with Gasteiger partial charge in [-0.25, -0.2) is 0 Å². The van der Waals surface area contributed by atoms with Crippen molar-refractivity contribution in [1.82, 2.24) is 20.0 Å². The number of piperazine rings is 1. The van der Waals surface area contributed by atoms with Crippen molar-refractivity contribution in [3.8, 4) is 5.75 Å². The number of carbonyl (C=O) groups is 2. The first-order chi connectivity index (χ1) is 15.0. The molecule has 3 N–H and O–H groups in total. The van der Waals surface area contributed by atoms with E-state index in [0.717, 1.165) is 37.7 Å². The highest BCUT2D eigenvalue weighted by molar-refractivity contribution is 5.80. The Hall–Kier alpha value is -2.85. The van der Waals surface area contributed by atoms with Gasteiger partial charge in [0.1, 0.15) is 5.75 Å². The van der Waals surface area contributed by atoms with Crippen LogP contribution in [-0.2, 0) is 20.9 Å². The summed E-state index contributed by atoms with van der Waals surface area (Å²) in [7, 11) is 1.77.